The highest BCUT2D eigenvalue weighted by molar-refractivity contribution is 5.53. The summed E-state index contributed by atoms with van der Waals surface area (Å²) in [5.41, 5.74) is 7.13. The fourth-order valence-corrected chi connectivity index (χ4v) is 1.40. The van der Waals surface area contributed by atoms with Gasteiger partial charge in [0.1, 0.15) is 5.69 Å². The van der Waals surface area contributed by atoms with Crippen LogP contribution in [0.3, 0.4) is 0 Å². The van der Waals surface area contributed by atoms with Gasteiger partial charge in [-0.05, 0) is 32.4 Å². The molecule has 0 saturated heterocycles. The van der Waals surface area contributed by atoms with E-state index < -0.39 is 0 Å². The van der Waals surface area contributed by atoms with Crippen molar-refractivity contribution in [3.05, 3.63) is 29.8 Å². The number of aromatic nitrogens is 3. The van der Waals surface area contributed by atoms with E-state index in [9.17, 15) is 0 Å². The molecule has 0 radical (unpaired) electrons. The van der Waals surface area contributed by atoms with E-state index in [0.29, 0.717) is 18.3 Å². The molecule has 2 N–H and O–H groups in total. The number of nitrogens with two attached hydrogens (primary N) is 1. The van der Waals surface area contributed by atoms with Gasteiger partial charge in [0.25, 0.3) is 0 Å². The van der Waals surface area contributed by atoms with Crippen molar-refractivity contribution in [1.82, 2.24) is 15.1 Å². The number of hydrogen-bond acceptors (Lipinski definition) is 5. The molecule has 0 amide bonds. The zero-order chi connectivity index (χ0) is 12.5. The Bertz CT molecular complexity index is 519. The van der Waals surface area contributed by atoms with Crippen LogP contribution in [0.1, 0.15) is 25.3 Å². The first-order valence-corrected chi connectivity index (χ1v) is 5.51. The van der Waals surface area contributed by atoms with Crippen molar-refractivity contribution in [3.8, 4) is 11.5 Å². The molecule has 0 unspecified atom stereocenters. The highest BCUT2D eigenvalue weighted by Crippen LogP contribution is 2.23. The van der Waals surface area contributed by atoms with Crippen LogP contribution < -0.4 is 5.73 Å². The molecule has 0 saturated carbocycles. The lowest BCUT2D eigenvalue weighted by Crippen LogP contribution is -2.28. The molecule has 2 aromatic rings. The normalized spacial score (nSPS) is 11.8. The Morgan fingerprint density at radius 2 is 2.18 bits per heavy atom. The van der Waals surface area contributed by atoms with Crippen molar-refractivity contribution in [2.75, 3.05) is 6.54 Å². The molecule has 0 aliphatic carbocycles. The Labute approximate surface area is 100 Å². The van der Waals surface area contributed by atoms with E-state index in [2.05, 4.69) is 15.1 Å². The SMILES string of the molecule is Cc1cccnc1-c1noc(C(C)(C)CN)n1. The molecule has 90 valence electrons. The Hall–Kier alpha value is -1.75. The van der Waals surface area contributed by atoms with E-state index in [1.165, 1.54) is 0 Å². The van der Waals surface area contributed by atoms with Crippen LogP contribution in [-0.4, -0.2) is 21.7 Å². The number of aryl methyl sites for hydroxylation is 1. The van der Waals surface area contributed by atoms with Gasteiger partial charge in [0, 0.05) is 12.7 Å². The van der Waals surface area contributed by atoms with Crippen LogP contribution in [0, 0.1) is 6.92 Å². The third-order valence-corrected chi connectivity index (χ3v) is 2.74. The molecule has 2 aromatic heterocycles. The molecule has 0 spiro atoms. The summed E-state index contributed by atoms with van der Waals surface area (Å²) in [6.07, 6.45) is 1.71. The van der Waals surface area contributed by atoms with E-state index >= 15 is 0 Å². The first-order valence-electron chi connectivity index (χ1n) is 5.51. The van der Waals surface area contributed by atoms with Gasteiger partial charge >= 0.3 is 0 Å². The fraction of sp³-hybridized carbons (Fsp3) is 0.417. The van der Waals surface area contributed by atoms with Gasteiger partial charge in [0.15, 0.2) is 0 Å². The zero-order valence-electron chi connectivity index (χ0n) is 10.3. The molecular weight excluding hydrogens is 216 g/mol. The van der Waals surface area contributed by atoms with E-state index in [1.807, 2.05) is 32.9 Å². The molecule has 0 aromatic carbocycles. The molecule has 0 aliphatic heterocycles. The lowest BCUT2D eigenvalue weighted by atomic mass is 9.94. The topological polar surface area (TPSA) is 77.8 Å². The van der Waals surface area contributed by atoms with Gasteiger partial charge in [-0.3, -0.25) is 4.98 Å². The predicted octanol–water partition coefficient (Wildman–Crippen LogP) is 1.68. The highest BCUT2D eigenvalue weighted by atomic mass is 16.5. The molecule has 0 atom stereocenters. The number of nitrogens with zero attached hydrogens (tertiary/aromatic N) is 3. The highest BCUT2D eigenvalue weighted by Gasteiger charge is 2.26. The number of pyridine rings is 1. The number of rotatable bonds is 3. The van der Waals surface area contributed by atoms with Gasteiger partial charge in [-0.2, -0.15) is 4.98 Å². The van der Waals surface area contributed by atoms with E-state index in [4.69, 9.17) is 10.3 Å². The van der Waals surface area contributed by atoms with Crippen molar-refractivity contribution in [2.45, 2.75) is 26.2 Å². The summed E-state index contributed by atoms with van der Waals surface area (Å²) >= 11 is 0. The van der Waals surface area contributed by atoms with Crippen LogP contribution in [0.4, 0.5) is 0 Å². The Morgan fingerprint density at radius 3 is 2.82 bits per heavy atom. The smallest absolute Gasteiger partial charge is 0.233 e. The Balaban J connectivity index is 2.40. The summed E-state index contributed by atoms with van der Waals surface area (Å²) in [4.78, 5) is 8.62. The fourth-order valence-electron chi connectivity index (χ4n) is 1.40. The van der Waals surface area contributed by atoms with Crippen LogP contribution in [0.2, 0.25) is 0 Å². The Kier molecular flexibility index (Phi) is 2.93. The summed E-state index contributed by atoms with van der Waals surface area (Å²) in [5, 5.41) is 3.96. The second kappa shape index (κ2) is 4.25. The van der Waals surface area contributed by atoms with Crippen LogP contribution in [0.15, 0.2) is 22.9 Å². The van der Waals surface area contributed by atoms with E-state index in [-0.39, 0.29) is 5.41 Å². The maximum Gasteiger partial charge on any atom is 0.233 e. The lowest BCUT2D eigenvalue weighted by molar-refractivity contribution is 0.311. The summed E-state index contributed by atoms with van der Waals surface area (Å²) in [6, 6.07) is 3.84. The molecule has 0 fully saturated rings. The van der Waals surface area contributed by atoms with Gasteiger partial charge in [0.05, 0.1) is 5.41 Å². The molecule has 17 heavy (non-hydrogen) atoms. The van der Waals surface area contributed by atoms with Crippen LogP contribution in [0.25, 0.3) is 11.5 Å². The molecular formula is C12H16N4O. The van der Waals surface area contributed by atoms with Crippen molar-refractivity contribution in [3.63, 3.8) is 0 Å². The van der Waals surface area contributed by atoms with Gasteiger partial charge in [-0.1, -0.05) is 11.2 Å². The average molecular weight is 232 g/mol. The molecule has 2 rings (SSSR count). The number of hydrogen-bond donors (Lipinski definition) is 1. The van der Waals surface area contributed by atoms with Gasteiger partial charge < -0.3 is 10.3 Å². The first-order chi connectivity index (χ1) is 8.04. The third-order valence-electron chi connectivity index (χ3n) is 2.74. The van der Waals surface area contributed by atoms with E-state index in [1.54, 1.807) is 6.20 Å². The molecule has 5 heteroatoms. The summed E-state index contributed by atoms with van der Waals surface area (Å²) in [7, 11) is 0. The van der Waals surface area contributed by atoms with Crippen molar-refractivity contribution < 1.29 is 4.52 Å². The van der Waals surface area contributed by atoms with Gasteiger partial charge in [-0.25, -0.2) is 0 Å². The molecule has 5 nitrogen and oxygen atoms in total. The molecule has 0 aliphatic rings. The summed E-state index contributed by atoms with van der Waals surface area (Å²) < 4.78 is 5.25. The second-order valence-electron chi connectivity index (χ2n) is 4.68. The first kappa shape index (κ1) is 11.7. The maximum absolute atomic E-state index is 5.67. The van der Waals surface area contributed by atoms with Gasteiger partial charge in [0.2, 0.25) is 11.7 Å². The van der Waals surface area contributed by atoms with E-state index in [0.717, 1.165) is 11.3 Å². The zero-order valence-corrected chi connectivity index (χ0v) is 10.3. The largest absolute Gasteiger partial charge is 0.338 e. The average Bonchev–Trinajstić information content (AvgIpc) is 2.79. The monoisotopic (exact) mass is 232 g/mol. The quantitative estimate of drug-likeness (QED) is 0.871. The Morgan fingerprint density at radius 1 is 1.41 bits per heavy atom. The van der Waals surface area contributed by atoms with Crippen molar-refractivity contribution in [2.24, 2.45) is 5.73 Å². The minimum absolute atomic E-state index is 0.312. The third kappa shape index (κ3) is 2.19. The van der Waals surface area contributed by atoms with Crippen LogP contribution in [0.5, 0.6) is 0 Å². The minimum atomic E-state index is -0.312. The van der Waals surface area contributed by atoms with Crippen molar-refractivity contribution in [1.29, 1.82) is 0 Å². The lowest BCUT2D eigenvalue weighted by Gasteiger charge is -2.15. The predicted molar refractivity (Wildman–Crippen MR) is 64.3 cm³/mol. The van der Waals surface area contributed by atoms with Crippen LogP contribution in [-0.2, 0) is 5.41 Å². The summed E-state index contributed by atoms with van der Waals surface area (Å²) in [5.74, 6) is 1.06. The maximum atomic E-state index is 5.67. The molecule has 2 heterocycles. The van der Waals surface area contributed by atoms with Crippen LogP contribution >= 0.6 is 0 Å². The van der Waals surface area contributed by atoms with Crippen molar-refractivity contribution >= 4 is 0 Å². The molecule has 0 bridgehead atoms. The second-order valence-corrected chi connectivity index (χ2v) is 4.68. The summed E-state index contributed by atoms with van der Waals surface area (Å²) in [6.45, 7) is 6.35. The van der Waals surface area contributed by atoms with Gasteiger partial charge in [-0.15, -0.1) is 0 Å². The standard InChI is InChI=1S/C12H16N4O/c1-8-5-4-6-14-9(8)10-15-11(17-16-10)12(2,3)7-13/h4-6H,7,13H2,1-3H3. The minimum Gasteiger partial charge on any atom is -0.338 e.